The largest absolute Gasteiger partial charge is 0.322 e. The van der Waals surface area contributed by atoms with Crippen molar-refractivity contribution in [3.8, 4) is 5.69 Å². The molecule has 27 heavy (non-hydrogen) atoms. The maximum absolute atomic E-state index is 14.2. The van der Waals surface area contributed by atoms with E-state index in [1.807, 2.05) is 7.05 Å². The van der Waals surface area contributed by atoms with E-state index < -0.39 is 5.82 Å². The normalized spacial score (nSPS) is 20.6. The number of piperidine rings is 1. The van der Waals surface area contributed by atoms with E-state index in [9.17, 15) is 9.18 Å². The molecule has 1 saturated carbocycles. The highest BCUT2D eigenvalue weighted by molar-refractivity contribution is 5.92. The third-order valence-corrected chi connectivity index (χ3v) is 5.19. The molecule has 9 heteroatoms. The Labute approximate surface area is 157 Å². The third-order valence-electron chi connectivity index (χ3n) is 5.19. The van der Waals surface area contributed by atoms with Gasteiger partial charge in [0, 0.05) is 18.5 Å². The van der Waals surface area contributed by atoms with Gasteiger partial charge in [0.25, 0.3) is 0 Å². The first-order chi connectivity index (χ1) is 13.1. The highest BCUT2D eigenvalue weighted by atomic mass is 19.1. The predicted octanol–water partition coefficient (Wildman–Crippen LogP) is 1.30. The fourth-order valence-corrected chi connectivity index (χ4v) is 3.54. The van der Waals surface area contributed by atoms with Crippen LogP contribution in [0.25, 0.3) is 5.69 Å². The van der Waals surface area contributed by atoms with Crippen LogP contribution in [0.15, 0.2) is 18.2 Å². The van der Waals surface area contributed by atoms with Crippen molar-refractivity contribution < 1.29 is 9.18 Å². The molecule has 2 N–H and O–H groups in total. The number of carbonyl (C=O) groups excluding carboxylic acids is 1. The summed E-state index contributed by atoms with van der Waals surface area (Å²) in [4.78, 5) is 14.5. The molecule has 4 rings (SSSR count). The molecule has 1 atom stereocenters. The highest BCUT2D eigenvalue weighted by Crippen LogP contribution is 2.39. The average Bonchev–Trinajstić information content (AvgIpc) is 3.40. The standard InChI is InChI=1S/C18H24FN7O/c1-20-13-3-2-8-25(10-13)11-17(27)21-16-9-14(6-7-15(16)19)26-18(12-4-5-12)22-23-24-26/h6-7,9,12-13,20H,2-5,8,10-11H2,1H3,(H,21,27). The number of hydrogen-bond acceptors (Lipinski definition) is 6. The lowest BCUT2D eigenvalue weighted by Crippen LogP contribution is -2.46. The summed E-state index contributed by atoms with van der Waals surface area (Å²) in [6.45, 7) is 1.95. The Morgan fingerprint density at radius 1 is 1.33 bits per heavy atom. The van der Waals surface area contributed by atoms with E-state index in [-0.39, 0.29) is 18.1 Å². The lowest BCUT2D eigenvalue weighted by atomic mass is 10.1. The van der Waals surface area contributed by atoms with Crippen LogP contribution < -0.4 is 10.6 Å². The number of carbonyl (C=O) groups is 1. The minimum absolute atomic E-state index is 0.150. The van der Waals surface area contributed by atoms with Crippen molar-refractivity contribution >= 4 is 11.6 Å². The number of likely N-dealkylation sites (N-methyl/N-ethyl adjacent to an activating group) is 1. The number of tetrazole rings is 1. The van der Waals surface area contributed by atoms with Crippen LogP contribution in [0.5, 0.6) is 0 Å². The summed E-state index contributed by atoms with van der Waals surface area (Å²) < 4.78 is 15.9. The molecule has 144 valence electrons. The van der Waals surface area contributed by atoms with Gasteiger partial charge >= 0.3 is 0 Å². The van der Waals surface area contributed by atoms with Crippen LogP contribution in [0.3, 0.4) is 0 Å². The number of rotatable bonds is 6. The van der Waals surface area contributed by atoms with Gasteiger partial charge < -0.3 is 10.6 Å². The minimum atomic E-state index is -0.472. The summed E-state index contributed by atoms with van der Waals surface area (Å²) in [5, 5.41) is 17.8. The molecule has 1 unspecified atom stereocenters. The van der Waals surface area contributed by atoms with E-state index >= 15 is 0 Å². The molecule has 1 amide bonds. The van der Waals surface area contributed by atoms with E-state index in [0.717, 1.165) is 44.6 Å². The minimum Gasteiger partial charge on any atom is -0.322 e. The van der Waals surface area contributed by atoms with Gasteiger partial charge in [0.15, 0.2) is 5.82 Å². The molecule has 1 saturated heterocycles. The predicted molar refractivity (Wildman–Crippen MR) is 98.2 cm³/mol. The lowest BCUT2D eigenvalue weighted by molar-refractivity contribution is -0.117. The zero-order valence-electron chi connectivity index (χ0n) is 15.4. The van der Waals surface area contributed by atoms with Crippen LogP contribution >= 0.6 is 0 Å². The van der Waals surface area contributed by atoms with Crippen molar-refractivity contribution in [3.63, 3.8) is 0 Å². The zero-order valence-corrected chi connectivity index (χ0v) is 15.4. The van der Waals surface area contributed by atoms with E-state index in [0.29, 0.717) is 17.6 Å². The Kier molecular flexibility index (Phi) is 5.13. The first-order valence-corrected chi connectivity index (χ1v) is 9.41. The number of anilines is 1. The van der Waals surface area contributed by atoms with Gasteiger partial charge in [-0.3, -0.25) is 9.69 Å². The quantitative estimate of drug-likeness (QED) is 0.794. The summed E-state index contributed by atoms with van der Waals surface area (Å²) in [6.07, 6.45) is 4.29. The number of nitrogens with zero attached hydrogens (tertiary/aromatic N) is 5. The number of amides is 1. The number of benzene rings is 1. The van der Waals surface area contributed by atoms with Gasteiger partial charge in [0.1, 0.15) is 5.82 Å². The van der Waals surface area contributed by atoms with Crippen LogP contribution in [0.2, 0.25) is 0 Å². The molecule has 1 aliphatic heterocycles. The Morgan fingerprint density at radius 3 is 2.96 bits per heavy atom. The van der Waals surface area contributed by atoms with Crippen molar-refractivity contribution in [1.82, 2.24) is 30.4 Å². The van der Waals surface area contributed by atoms with Crippen LogP contribution in [-0.4, -0.2) is 63.7 Å². The Balaban J connectivity index is 1.45. The smallest absolute Gasteiger partial charge is 0.238 e. The third kappa shape index (κ3) is 4.14. The van der Waals surface area contributed by atoms with E-state index in [2.05, 4.69) is 31.1 Å². The molecular weight excluding hydrogens is 349 g/mol. The van der Waals surface area contributed by atoms with Crippen LogP contribution in [0.4, 0.5) is 10.1 Å². The number of hydrogen-bond donors (Lipinski definition) is 2. The highest BCUT2D eigenvalue weighted by Gasteiger charge is 2.30. The van der Waals surface area contributed by atoms with E-state index in [1.165, 1.54) is 6.07 Å². The molecule has 0 spiro atoms. The van der Waals surface area contributed by atoms with Crippen LogP contribution in [0, 0.1) is 5.82 Å². The van der Waals surface area contributed by atoms with Crippen molar-refractivity contribution in [2.45, 2.75) is 37.6 Å². The second kappa shape index (κ2) is 7.69. The number of nitrogens with one attached hydrogen (secondary N) is 2. The monoisotopic (exact) mass is 373 g/mol. The Morgan fingerprint density at radius 2 is 2.19 bits per heavy atom. The number of halogens is 1. The summed E-state index contributed by atoms with van der Waals surface area (Å²) >= 11 is 0. The van der Waals surface area contributed by atoms with Gasteiger partial charge in [0.2, 0.25) is 5.91 Å². The lowest BCUT2D eigenvalue weighted by Gasteiger charge is -2.31. The van der Waals surface area contributed by atoms with Gasteiger partial charge in [-0.2, -0.15) is 4.68 Å². The first kappa shape index (κ1) is 18.0. The van der Waals surface area contributed by atoms with Crippen molar-refractivity contribution in [2.75, 3.05) is 32.0 Å². The second-order valence-electron chi connectivity index (χ2n) is 7.30. The molecule has 8 nitrogen and oxygen atoms in total. The topological polar surface area (TPSA) is 88.0 Å². The first-order valence-electron chi connectivity index (χ1n) is 9.41. The maximum atomic E-state index is 14.2. The molecule has 0 radical (unpaired) electrons. The summed E-state index contributed by atoms with van der Waals surface area (Å²) in [6, 6.07) is 4.94. The molecule has 2 fully saturated rings. The van der Waals surface area contributed by atoms with E-state index in [1.54, 1.807) is 16.8 Å². The zero-order chi connectivity index (χ0) is 18.8. The molecule has 2 heterocycles. The van der Waals surface area contributed by atoms with Gasteiger partial charge in [-0.05, 0) is 67.9 Å². The van der Waals surface area contributed by atoms with Crippen LogP contribution in [0.1, 0.15) is 37.4 Å². The van der Waals surface area contributed by atoms with Gasteiger partial charge in [0.05, 0.1) is 17.9 Å². The molecule has 2 aliphatic rings. The van der Waals surface area contributed by atoms with E-state index in [4.69, 9.17) is 0 Å². The summed E-state index contributed by atoms with van der Waals surface area (Å²) in [7, 11) is 1.93. The molecule has 0 bridgehead atoms. The van der Waals surface area contributed by atoms with Crippen molar-refractivity contribution in [2.24, 2.45) is 0 Å². The van der Waals surface area contributed by atoms with Gasteiger partial charge in [-0.15, -0.1) is 5.10 Å². The van der Waals surface area contributed by atoms with Crippen molar-refractivity contribution in [1.29, 1.82) is 0 Å². The van der Waals surface area contributed by atoms with Gasteiger partial charge in [-0.1, -0.05) is 0 Å². The second-order valence-corrected chi connectivity index (χ2v) is 7.30. The molecule has 1 aromatic heterocycles. The summed E-state index contributed by atoms with van der Waals surface area (Å²) in [5.41, 5.74) is 0.795. The molecule has 1 aromatic carbocycles. The summed E-state index contributed by atoms with van der Waals surface area (Å²) in [5.74, 6) is 0.453. The van der Waals surface area contributed by atoms with Crippen molar-refractivity contribution in [3.05, 3.63) is 29.8 Å². The molecule has 1 aliphatic carbocycles. The number of likely N-dealkylation sites (tertiary alicyclic amines) is 1. The fourth-order valence-electron chi connectivity index (χ4n) is 3.54. The van der Waals surface area contributed by atoms with Crippen LogP contribution in [-0.2, 0) is 4.79 Å². The number of aromatic nitrogens is 4. The Bertz CT molecular complexity index is 820. The average molecular weight is 373 g/mol. The molecule has 2 aromatic rings. The molecular formula is C18H24FN7O. The SMILES string of the molecule is CNC1CCCN(CC(=O)Nc2cc(-n3nnnc3C3CC3)ccc2F)C1. The van der Waals surface area contributed by atoms with Gasteiger partial charge in [-0.25, -0.2) is 4.39 Å². The fraction of sp³-hybridized carbons (Fsp3) is 0.556. The Hall–Kier alpha value is -2.39. The maximum Gasteiger partial charge on any atom is 0.238 e.